The number of rotatable bonds is 5. The van der Waals surface area contributed by atoms with Gasteiger partial charge in [0.25, 0.3) is 0 Å². The molecule has 4 nitrogen and oxygen atoms in total. The number of hydrogen-bond donors (Lipinski definition) is 1. The molecule has 1 aromatic heterocycles. The van der Waals surface area contributed by atoms with Crippen molar-refractivity contribution in [2.75, 3.05) is 0 Å². The highest BCUT2D eigenvalue weighted by Crippen LogP contribution is 2.26. The predicted octanol–water partition coefficient (Wildman–Crippen LogP) is 4.02. The monoisotopic (exact) mass is 359 g/mol. The van der Waals surface area contributed by atoms with Crippen LogP contribution < -0.4 is 5.32 Å². The Balaban J connectivity index is 1.63. The molecule has 0 fully saturated rings. The molecule has 0 saturated heterocycles. The molecule has 0 spiro atoms. The second-order valence-electron chi connectivity index (χ2n) is 5.55. The molecule has 0 aliphatic rings. The Hall–Kier alpha value is -1.98. The van der Waals surface area contributed by atoms with Crippen LogP contribution in [0.4, 0.5) is 0 Å². The molecular formula is C18H18ClN3OS. The second kappa shape index (κ2) is 7.28. The van der Waals surface area contributed by atoms with Crippen molar-refractivity contribution in [1.82, 2.24) is 14.9 Å². The minimum atomic E-state index is -0.229. The fraction of sp³-hybridized carbons (Fsp3) is 0.222. The van der Waals surface area contributed by atoms with E-state index in [1.165, 1.54) is 11.8 Å². The number of hydrogen-bond acceptors (Lipinski definition) is 3. The smallest absolute Gasteiger partial charge is 0.233 e. The lowest BCUT2D eigenvalue weighted by molar-refractivity contribution is -0.120. The van der Waals surface area contributed by atoms with Gasteiger partial charge in [-0.25, -0.2) is 4.98 Å². The highest BCUT2D eigenvalue weighted by molar-refractivity contribution is 8.00. The molecule has 6 heteroatoms. The summed E-state index contributed by atoms with van der Waals surface area (Å²) in [6, 6.07) is 15.4. The summed E-state index contributed by atoms with van der Waals surface area (Å²) >= 11 is 7.32. The fourth-order valence-corrected chi connectivity index (χ4v) is 3.42. The van der Waals surface area contributed by atoms with E-state index in [1.54, 1.807) is 0 Å². The Morgan fingerprint density at radius 2 is 1.96 bits per heavy atom. The quantitative estimate of drug-likeness (QED) is 0.700. The van der Waals surface area contributed by atoms with E-state index in [9.17, 15) is 4.79 Å². The van der Waals surface area contributed by atoms with Gasteiger partial charge in [0.05, 0.1) is 16.3 Å². The predicted molar refractivity (Wildman–Crippen MR) is 99.3 cm³/mol. The van der Waals surface area contributed by atoms with Crippen molar-refractivity contribution in [1.29, 1.82) is 0 Å². The van der Waals surface area contributed by atoms with E-state index in [0.29, 0.717) is 11.6 Å². The first-order valence-corrected chi connectivity index (χ1v) is 8.90. The maximum absolute atomic E-state index is 12.3. The van der Waals surface area contributed by atoms with Crippen LogP contribution >= 0.6 is 23.4 Å². The van der Waals surface area contributed by atoms with Gasteiger partial charge in [-0.05, 0) is 36.8 Å². The van der Waals surface area contributed by atoms with Gasteiger partial charge in [0.15, 0.2) is 5.16 Å². The van der Waals surface area contributed by atoms with Gasteiger partial charge in [-0.3, -0.25) is 4.79 Å². The summed E-state index contributed by atoms with van der Waals surface area (Å²) < 4.78 is 2.02. The van der Waals surface area contributed by atoms with E-state index in [4.69, 9.17) is 11.6 Å². The number of para-hydroxylation sites is 2. The van der Waals surface area contributed by atoms with Crippen molar-refractivity contribution in [3.8, 4) is 0 Å². The second-order valence-corrected chi connectivity index (χ2v) is 7.29. The SMILES string of the molecule is C[C@@H](Sc1nc2ccccc2n1C)C(=O)NCc1ccc(Cl)cc1. The number of amides is 1. The van der Waals surface area contributed by atoms with Crippen LogP contribution in [-0.2, 0) is 18.4 Å². The molecular weight excluding hydrogens is 342 g/mol. The number of benzene rings is 2. The molecule has 3 rings (SSSR count). The standard InChI is InChI=1S/C18H18ClN3OS/c1-12(17(23)20-11-13-7-9-14(19)10-8-13)24-18-21-15-5-3-4-6-16(15)22(18)2/h3-10,12H,11H2,1-2H3,(H,20,23)/t12-/m1/s1. The summed E-state index contributed by atoms with van der Waals surface area (Å²) in [5, 5.41) is 4.25. The van der Waals surface area contributed by atoms with Crippen LogP contribution in [0.5, 0.6) is 0 Å². The maximum atomic E-state index is 12.3. The summed E-state index contributed by atoms with van der Waals surface area (Å²) in [5.41, 5.74) is 3.03. The van der Waals surface area contributed by atoms with Crippen LogP contribution in [-0.4, -0.2) is 20.7 Å². The number of aromatic nitrogens is 2. The first-order chi connectivity index (χ1) is 11.5. The van der Waals surface area contributed by atoms with Crippen LogP contribution in [0.3, 0.4) is 0 Å². The highest BCUT2D eigenvalue weighted by Gasteiger charge is 2.18. The highest BCUT2D eigenvalue weighted by atomic mass is 35.5. The molecule has 1 N–H and O–H groups in total. The summed E-state index contributed by atoms with van der Waals surface area (Å²) in [5.74, 6) is -0.0120. The third-order valence-electron chi connectivity index (χ3n) is 3.78. The Labute approximate surface area is 150 Å². The number of imidazole rings is 1. The molecule has 124 valence electrons. The molecule has 0 bridgehead atoms. The van der Waals surface area contributed by atoms with Crippen LogP contribution in [0.2, 0.25) is 5.02 Å². The number of fused-ring (bicyclic) bond motifs is 1. The Bertz CT molecular complexity index is 860. The van der Waals surface area contributed by atoms with Crippen LogP contribution in [0.15, 0.2) is 53.7 Å². The van der Waals surface area contributed by atoms with Crippen LogP contribution in [0.25, 0.3) is 11.0 Å². The zero-order valence-corrected chi connectivity index (χ0v) is 15.1. The van der Waals surface area contributed by atoms with E-state index in [1.807, 2.05) is 67.1 Å². The van der Waals surface area contributed by atoms with Crippen LogP contribution in [0, 0.1) is 0 Å². The zero-order chi connectivity index (χ0) is 17.1. The molecule has 0 unspecified atom stereocenters. The number of carbonyl (C=O) groups excluding carboxylic acids is 1. The topological polar surface area (TPSA) is 46.9 Å². The number of thioether (sulfide) groups is 1. The maximum Gasteiger partial charge on any atom is 0.233 e. The van der Waals surface area contributed by atoms with Gasteiger partial charge < -0.3 is 9.88 Å². The van der Waals surface area contributed by atoms with E-state index < -0.39 is 0 Å². The number of nitrogens with one attached hydrogen (secondary N) is 1. The average molecular weight is 360 g/mol. The molecule has 1 atom stereocenters. The minimum absolute atomic E-state index is 0.0120. The molecule has 0 radical (unpaired) electrons. The van der Waals surface area contributed by atoms with Crippen LogP contribution in [0.1, 0.15) is 12.5 Å². The molecule has 0 saturated carbocycles. The molecule has 1 amide bonds. The lowest BCUT2D eigenvalue weighted by Gasteiger charge is -2.12. The molecule has 0 aliphatic heterocycles. The minimum Gasteiger partial charge on any atom is -0.351 e. The van der Waals surface area contributed by atoms with Crippen molar-refractivity contribution >= 4 is 40.3 Å². The number of carbonyl (C=O) groups is 1. The largest absolute Gasteiger partial charge is 0.351 e. The summed E-state index contributed by atoms with van der Waals surface area (Å²) in [6.07, 6.45) is 0. The van der Waals surface area contributed by atoms with Gasteiger partial charge in [-0.1, -0.05) is 47.6 Å². The van der Waals surface area contributed by atoms with Gasteiger partial charge in [-0.15, -0.1) is 0 Å². The van der Waals surface area contributed by atoms with Crippen molar-refractivity contribution in [2.24, 2.45) is 7.05 Å². The molecule has 1 heterocycles. The van der Waals surface area contributed by atoms with Crippen molar-refractivity contribution < 1.29 is 4.79 Å². The molecule has 2 aromatic carbocycles. The first-order valence-electron chi connectivity index (χ1n) is 7.65. The van der Waals surface area contributed by atoms with Crippen molar-refractivity contribution in [3.63, 3.8) is 0 Å². The van der Waals surface area contributed by atoms with Gasteiger partial charge in [-0.2, -0.15) is 0 Å². The summed E-state index contributed by atoms with van der Waals surface area (Å²) in [7, 11) is 1.97. The van der Waals surface area contributed by atoms with E-state index in [0.717, 1.165) is 21.8 Å². The lowest BCUT2D eigenvalue weighted by Crippen LogP contribution is -2.30. The van der Waals surface area contributed by atoms with Gasteiger partial charge in [0, 0.05) is 18.6 Å². The molecule has 3 aromatic rings. The van der Waals surface area contributed by atoms with E-state index >= 15 is 0 Å². The summed E-state index contributed by atoms with van der Waals surface area (Å²) in [6.45, 7) is 2.38. The van der Waals surface area contributed by atoms with E-state index in [2.05, 4.69) is 10.3 Å². The van der Waals surface area contributed by atoms with E-state index in [-0.39, 0.29) is 11.2 Å². The average Bonchev–Trinajstić information content (AvgIpc) is 2.90. The Morgan fingerprint density at radius 1 is 1.25 bits per heavy atom. The lowest BCUT2D eigenvalue weighted by atomic mass is 10.2. The zero-order valence-electron chi connectivity index (χ0n) is 13.5. The van der Waals surface area contributed by atoms with Gasteiger partial charge in [0.2, 0.25) is 5.91 Å². The Kier molecular flexibility index (Phi) is 5.11. The Morgan fingerprint density at radius 3 is 2.67 bits per heavy atom. The molecule has 0 aliphatic carbocycles. The number of halogens is 1. The van der Waals surface area contributed by atoms with Crippen molar-refractivity contribution in [3.05, 3.63) is 59.1 Å². The first kappa shape index (κ1) is 16.9. The number of nitrogens with zero attached hydrogens (tertiary/aromatic N) is 2. The third kappa shape index (κ3) is 3.74. The molecule has 24 heavy (non-hydrogen) atoms. The van der Waals surface area contributed by atoms with Gasteiger partial charge in [0.1, 0.15) is 0 Å². The van der Waals surface area contributed by atoms with Crippen molar-refractivity contribution in [2.45, 2.75) is 23.9 Å². The van der Waals surface area contributed by atoms with Gasteiger partial charge >= 0.3 is 0 Å². The number of aryl methyl sites for hydroxylation is 1. The normalized spacial score (nSPS) is 12.3. The summed E-state index contributed by atoms with van der Waals surface area (Å²) in [4.78, 5) is 16.9. The fourth-order valence-electron chi connectivity index (χ4n) is 2.38. The third-order valence-corrected chi connectivity index (χ3v) is 5.17.